The van der Waals surface area contributed by atoms with Gasteiger partial charge in [-0.1, -0.05) is 0 Å². The molecule has 0 bridgehead atoms. The van der Waals surface area contributed by atoms with Gasteiger partial charge in [0, 0.05) is 41.7 Å². The number of rotatable bonds is 6. The molecule has 0 aromatic rings. The molecule has 1 saturated carbocycles. The molecule has 6 atom stereocenters. The molecular formula is C17H24O11. The largest absolute Gasteiger partial charge is 0.455 e. The van der Waals surface area contributed by atoms with Crippen LogP contribution in [0.1, 0.15) is 34.6 Å². The van der Waals surface area contributed by atoms with Crippen molar-refractivity contribution in [2.45, 2.75) is 71.2 Å². The van der Waals surface area contributed by atoms with Crippen molar-refractivity contribution in [3.63, 3.8) is 0 Å². The van der Waals surface area contributed by atoms with Gasteiger partial charge < -0.3 is 28.4 Å². The SMILES string of the molecule is CO[C@@H]1[C@@H](OC(C)=O)[C@H](OC(C)=O)[C@H](OC(C)=O)[C@H](OC(C)=O)[C@H]1OC(C)=O. The quantitative estimate of drug-likeness (QED) is 0.424. The van der Waals surface area contributed by atoms with E-state index in [-0.39, 0.29) is 0 Å². The summed E-state index contributed by atoms with van der Waals surface area (Å²) in [5, 5.41) is 0. The highest BCUT2D eigenvalue weighted by Crippen LogP contribution is 2.34. The number of carbonyl (C=O) groups is 5. The van der Waals surface area contributed by atoms with Crippen LogP contribution >= 0.6 is 0 Å². The predicted octanol–water partition coefficient (Wildman–Crippen LogP) is -0.326. The molecule has 1 aliphatic rings. The molecule has 0 heterocycles. The minimum absolute atomic E-state index is 0.752. The summed E-state index contributed by atoms with van der Waals surface area (Å²) in [4.78, 5) is 58.1. The molecule has 1 fully saturated rings. The normalized spacial score (nSPS) is 29.2. The van der Waals surface area contributed by atoms with Crippen LogP contribution in [0.4, 0.5) is 0 Å². The Kier molecular flexibility index (Phi) is 8.35. The second-order valence-electron chi connectivity index (χ2n) is 6.07. The molecule has 11 nitrogen and oxygen atoms in total. The van der Waals surface area contributed by atoms with E-state index in [4.69, 9.17) is 28.4 Å². The first-order valence-electron chi connectivity index (χ1n) is 8.36. The van der Waals surface area contributed by atoms with Crippen molar-refractivity contribution in [1.82, 2.24) is 0 Å². The van der Waals surface area contributed by atoms with E-state index in [0.717, 1.165) is 34.6 Å². The van der Waals surface area contributed by atoms with Gasteiger partial charge in [-0.05, 0) is 0 Å². The summed E-state index contributed by atoms with van der Waals surface area (Å²) in [5.41, 5.74) is 0. The van der Waals surface area contributed by atoms with E-state index in [1.807, 2.05) is 0 Å². The second kappa shape index (κ2) is 10.0. The van der Waals surface area contributed by atoms with Crippen LogP contribution in [0.2, 0.25) is 0 Å². The Balaban J connectivity index is 3.54. The fourth-order valence-electron chi connectivity index (χ4n) is 3.02. The van der Waals surface area contributed by atoms with Crippen LogP contribution in [-0.2, 0) is 52.4 Å². The lowest BCUT2D eigenvalue weighted by atomic mass is 9.83. The number of esters is 5. The van der Waals surface area contributed by atoms with Gasteiger partial charge in [-0.2, -0.15) is 0 Å². The topological polar surface area (TPSA) is 141 Å². The van der Waals surface area contributed by atoms with Crippen molar-refractivity contribution in [3.05, 3.63) is 0 Å². The van der Waals surface area contributed by atoms with Crippen LogP contribution in [0.3, 0.4) is 0 Å². The summed E-state index contributed by atoms with van der Waals surface area (Å²) < 4.78 is 31.4. The molecule has 1 rings (SSSR count). The number of ether oxygens (including phenoxy) is 6. The fourth-order valence-corrected chi connectivity index (χ4v) is 3.02. The Labute approximate surface area is 161 Å². The van der Waals surface area contributed by atoms with Gasteiger partial charge in [-0.3, -0.25) is 24.0 Å². The maximum absolute atomic E-state index is 11.6. The maximum atomic E-state index is 11.6. The number of carbonyl (C=O) groups excluding carboxylic acids is 5. The van der Waals surface area contributed by atoms with Crippen LogP contribution < -0.4 is 0 Å². The summed E-state index contributed by atoms with van der Waals surface area (Å²) in [5.74, 6) is -3.85. The Morgan fingerprint density at radius 3 is 0.750 bits per heavy atom. The van der Waals surface area contributed by atoms with Crippen LogP contribution in [0.25, 0.3) is 0 Å². The molecule has 0 N–H and O–H groups in total. The fraction of sp³-hybridized carbons (Fsp3) is 0.706. The third-order valence-electron chi connectivity index (χ3n) is 3.73. The van der Waals surface area contributed by atoms with Crippen molar-refractivity contribution in [2.75, 3.05) is 7.11 Å². The van der Waals surface area contributed by atoms with E-state index in [1.165, 1.54) is 7.11 Å². The maximum Gasteiger partial charge on any atom is 0.303 e. The zero-order valence-corrected chi connectivity index (χ0v) is 16.5. The van der Waals surface area contributed by atoms with Crippen molar-refractivity contribution < 1.29 is 52.4 Å². The summed E-state index contributed by atoms with van der Waals surface area (Å²) >= 11 is 0. The van der Waals surface area contributed by atoms with Crippen LogP contribution in [0.5, 0.6) is 0 Å². The highest BCUT2D eigenvalue weighted by atomic mass is 16.7. The monoisotopic (exact) mass is 404 g/mol. The Bertz CT molecular complexity index is 585. The van der Waals surface area contributed by atoms with Gasteiger partial charge in [0.25, 0.3) is 0 Å². The highest BCUT2D eigenvalue weighted by molar-refractivity contribution is 5.70. The summed E-state index contributed by atoms with van der Waals surface area (Å²) in [6, 6.07) is 0. The van der Waals surface area contributed by atoms with Crippen molar-refractivity contribution in [3.8, 4) is 0 Å². The summed E-state index contributed by atoms with van der Waals surface area (Å²) in [6.45, 7) is 5.49. The second-order valence-corrected chi connectivity index (χ2v) is 6.07. The molecule has 0 aliphatic heterocycles. The van der Waals surface area contributed by atoms with Crippen molar-refractivity contribution in [2.24, 2.45) is 0 Å². The lowest BCUT2D eigenvalue weighted by Crippen LogP contribution is -2.68. The Hall–Kier alpha value is -2.69. The van der Waals surface area contributed by atoms with E-state index in [0.29, 0.717) is 0 Å². The molecule has 11 heteroatoms. The smallest absolute Gasteiger partial charge is 0.303 e. The zero-order chi connectivity index (χ0) is 21.6. The lowest BCUT2D eigenvalue weighted by Gasteiger charge is -2.46. The number of hydrogen-bond donors (Lipinski definition) is 0. The van der Waals surface area contributed by atoms with E-state index >= 15 is 0 Å². The minimum Gasteiger partial charge on any atom is -0.455 e. The minimum atomic E-state index is -1.43. The molecule has 1 aliphatic carbocycles. The average Bonchev–Trinajstić information content (AvgIpc) is 2.52. The average molecular weight is 404 g/mol. The van der Waals surface area contributed by atoms with Gasteiger partial charge in [0.05, 0.1) is 0 Å². The Morgan fingerprint density at radius 2 is 0.607 bits per heavy atom. The molecule has 28 heavy (non-hydrogen) atoms. The van der Waals surface area contributed by atoms with Crippen LogP contribution in [-0.4, -0.2) is 73.6 Å². The first-order chi connectivity index (χ1) is 13.0. The van der Waals surface area contributed by atoms with Gasteiger partial charge in [-0.15, -0.1) is 0 Å². The van der Waals surface area contributed by atoms with Crippen LogP contribution in [0.15, 0.2) is 0 Å². The van der Waals surface area contributed by atoms with Gasteiger partial charge in [0.2, 0.25) is 0 Å². The zero-order valence-electron chi connectivity index (χ0n) is 16.5. The third-order valence-corrected chi connectivity index (χ3v) is 3.73. The number of hydrogen-bond acceptors (Lipinski definition) is 11. The standard InChI is InChI=1S/C17H24O11/c1-7(18)24-13-12(23-6)14(25-8(2)19)16(27-10(4)21)17(28-11(5)22)15(13)26-9(3)20/h12-17H,1-6H3/t12-,13-,14+,15+,16-,17+. The molecule has 0 amide bonds. The molecule has 0 spiro atoms. The van der Waals surface area contributed by atoms with Crippen LogP contribution in [0, 0.1) is 0 Å². The van der Waals surface area contributed by atoms with Gasteiger partial charge >= 0.3 is 29.8 Å². The van der Waals surface area contributed by atoms with Gasteiger partial charge in [-0.25, -0.2) is 0 Å². The molecule has 0 unspecified atom stereocenters. The summed E-state index contributed by atoms with van der Waals surface area (Å²) in [7, 11) is 1.24. The number of methoxy groups -OCH3 is 1. The lowest BCUT2D eigenvalue weighted by molar-refractivity contribution is -0.259. The first kappa shape index (κ1) is 23.3. The molecule has 0 saturated heterocycles. The molecule has 0 aromatic carbocycles. The molecular weight excluding hydrogens is 380 g/mol. The van der Waals surface area contributed by atoms with E-state index < -0.39 is 66.5 Å². The molecule has 0 radical (unpaired) electrons. The van der Waals surface area contributed by atoms with Gasteiger partial charge in [0.1, 0.15) is 6.10 Å². The first-order valence-corrected chi connectivity index (χ1v) is 8.36. The molecule has 0 aromatic heterocycles. The highest BCUT2D eigenvalue weighted by Gasteiger charge is 2.59. The predicted molar refractivity (Wildman–Crippen MR) is 88.6 cm³/mol. The van der Waals surface area contributed by atoms with Crippen molar-refractivity contribution >= 4 is 29.8 Å². The van der Waals surface area contributed by atoms with E-state index in [9.17, 15) is 24.0 Å². The van der Waals surface area contributed by atoms with E-state index in [1.54, 1.807) is 0 Å². The van der Waals surface area contributed by atoms with Gasteiger partial charge in [0.15, 0.2) is 30.5 Å². The van der Waals surface area contributed by atoms with E-state index in [2.05, 4.69) is 0 Å². The molecule has 158 valence electrons. The summed E-state index contributed by atoms with van der Waals surface area (Å²) in [6.07, 6.45) is -8.00. The van der Waals surface area contributed by atoms with Crippen molar-refractivity contribution in [1.29, 1.82) is 0 Å². The Morgan fingerprint density at radius 1 is 0.429 bits per heavy atom. The third kappa shape index (κ3) is 6.19.